The van der Waals surface area contributed by atoms with E-state index in [1.54, 1.807) is 53.4 Å². The van der Waals surface area contributed by atoms with Crippen LogP contribution in [0.25, 0.3) is 0 Å². The van der Waals surface area contributed by atoms with Crippen LogP contribution in [0.1, 0.15) is 113 Å². The van der Waals surface area contributed by atoms with Crippen LogP contribution < -0.4 is 5.32 Å². The first kappa shape index (κ1) is 59.5. The van der Waals surface area contributed by atoms with Crippen molar-refractivity contribution < 1.29 is 63.5 Å². The minimum absolute atomic E-state index is 0.0899. The van der Waals surface area contributed by atoms with E-state index in [0.29, 0.717) is 45.4 Å². The SMILES string of the molecule is CC[C@H]1OC(=O)[C@H](C)[C@@H](O[C@H]2C[C@@](C)(OC)[C@@H](O)[C@H](C)O2)[C@H](C)[C@@H](O[C@@H]2O[C@H](C)C[C@H](N(C)C)[C@H]2O)[C@](C)(O)C[C@@H](C)CN(CCCN(CCC#N)C(=O)NCCc2ccccc2)[C@H](C)[C@@H](O)[C@]1(C)O. The molecule has 2 amide bonds. The van der Waals surface area contributed by atoms with E-state index < -0.39 is 96.0 Å². The van der Waals surface area contributed by atoms with Gasteiger partial charge in [-0.3, -0.25) is 9.69 Å². The van der Waals surface area contributed by atoms with E-state index in [1.807, 2.05) is 68.1 Å². The molecule has 1 aromatic rings. The van der Waals surface area contributed by atoms with Crippen LogP contribution in [0.15, 0.2) is 30.3 Å². The molecule has 6 N–H and O–H groups in total. The van der Waals surface area contributed by atoms with E-state index in [1.165, 1.54) is 14.0 Å². The number of nitrogens with one attached hydrogen (secondary N) is 1. The van der Waals surface area contributed by atoms with Crippen molar-refractivity contribution in [3.05, 3.63) is 35.9 Å². The Morgan fingerprint density at radius 2 is 1.64 bits per heavy atom. The van der Waals surface area contributed by atoms with Gasteiger partial charge in [0.25, 0.3) is 0 Å². The normalized spacial score (nSPS) is 39.6. The number of amides is 2. The van der Waals surface area contributed by atoms with Gasteiger partial charge in [0.1, 0.15) is 30.0 Å². The fraction of sp³-hybridized carbons (Fsp3) is 0.827. The van der Waals surface area contributed by atoms with E-state index in [0.717, 1.165) is 5.56 Å². The smallest absolute Gasteiger partial charge is 0.317 e. The van der Waals surface area contributed by atoms with Crippen LogP contribution in [0.2, 0.25) is 0 Å². The predicted octanol–water partition coefficient (Wildman–Crippen LogP) is 3.83. The molecule has 3 heterocycles. The van der Waals surface area contributed by atoms with Crippen LogP contribution in [0.4, 0.5) is 4.79 Å². The highest BCUT2D eigenvalue weighted by molar-refractivity contribution is 5.74. The zero-order chi connectivity index (χ0) is 52.3. The molecule has 3 aliphatic heterocycles. The van der Waals surface area contributed by atoms with Crippen molar-refractivity contribution in [2.24, 2.45) is 17.8 Å². The number of likely N-dealkylation sites (N-methyl/N-ethyl adjacent to an activating group) is 1. The molecular formula is C52H89N5O13. The van der Waals surface area contributed by atoms with Gasteiger partial charge in [0, 0.05) is 64.3 Å². The number of cyclic esters (lactones) is 1. The van der Waals surface area contributed by atoms with Crippen molar-refractivity contribution in [2.75, 3.05) is 53.9 Å². The molecule has 0 unspecified atom stereocenters. The summed E-state index contributed by atoms with van der Waals surface area (Å²) >= 11 is 0. The van der Waals surface area contributed by atoms with Crippen LogP contribution in [-0.2, 0) is 39.6 Å². The highest BCUT2D eigenvalue weighted by atomic mass is 16.7. The van der Waals surface area contributed by atoms with Gasteiger partial charge < -0.3 is 69.1 Å². The number of aliphatic hydroxyl groups is 5. The van der Waals surface area contributed by atoms with Gasteiger partial charge in [-0.1, -0.05) is 51.1 Å². The van der Waals surface area contributed by atoms with E-state index >= 15 is 0 Å². The molecule has 18 nitrogen and oxygen atoms in total. The summed E-state index contributed by atoms with van der Waals surface area (Å²) in [5.74, 6) is -2.96. The van der Waals surface area contributed by atoms with Gasteiger partial charge in [-0.15, -0.1) is 0 Å². The van der Waals surface area contributed by atoms with Crippen LogP contribution in [0.5, 0.6) is 0 Å². The third kappa shape index (κ3) is 15.3. The standard InChI is InChI=1S/C52H89N5O13/c1-14-40-52(10,64)44(59)36(6)57(27-19-26-56(25-18-23-53)49(62)54-24-22-38-20-16-15-17-21-38)31-32(2)29-50(8,63)46(70-48-42(58)39(55(11)12)28-33(3)66-48)34(4)43(35(5)47(61)68-40)69-41-30-51(9,65-13)45(60)37(7)67-41/h15-17,20-21,32-37,39-46,48,58-60,63-64H,14,18-19,22,24-31H2,1-13H3,(H,54,62)/t32-,33-,34+,35-,36-,37+,39+,40-,41+,42-,43+,44-,45+,46-,48+,50-,51-,52-/m1/s1. The molecule has 0 aliphatic carbocycles. The molecular weight excluding hydrogens is 903 g/mol. The molecule has 400 valence electrons. The fourth-order valence-electron chi connectivity index (χ4n) is 10.9. The average molecular weight is 992 g/mol. The Bertz CT molecular complexity index is 1800. The van der Waals surface area contributed by atoms with Gasteiger partial charge >= 0.3 is 12.0 Å². The molecule has 18 atom stereocenters. The molecule has 0 bridgehead atoms. The third-order valence-electron chi connectivity index (χ3n) is 15.2. The number of methoxy groups -OCH3 is 1. The second-order valence-electron chi connectivity index (χ2n) is 21.4. The lowest BCUT2D eigenvalue weighted by Crippen LogP contribution is -2.60. The summed E-state index contributed by atoms with van der Waals surface area (Å²) in [5, 5.41) is 72.7. The Balaban J connectivity index is 1.74. The van der Waals surface area contributed by atoms with Gasteiger partial charge in [0.05, 0.1) is 54.0 Å². The van der Waals surface area contributed by atoms with Crippen LogP contribution in [0, 0.1) is 29.1 Å². The maximum Gasteiger partial charge on any atom is 0.317 e. The summed E-state index contributed by atoms with van der Waals surface area (Å²) in [6, 6.07) is 10.6. The molecule has 1 aromatic carbocycles. The molecule has 3 aliphatic rings. The Kier molecular flexibility index (Phi) is 22.3. The van der Waals surface area contributed by atoms with Crippen LogP contribution in [0.3, 0.4) is 0 Å². The summed E-state index contributed by atoms with van der Waals surface area (Å²) in [7, 11) is 5.24. The highest BCUT2D eigenvalue weighted by Gasteiger charge is 2.53. The highest BCUT2D eigenvalue weighted by Crippen LogP contribution is 2.40. The molecule has 3 saturated heterocycles. The Morgan fingerprint density at radius 3 is 2.26 bits per heavy atom. The minimum atomic E-state index is -1.95. The average Bonchev–Trinajstić information content (AvgIpc) is 3.30. The van der Waals surface area contributed by atoms with Crippen molar-refractivity contribution in [3.8, 4) is 6.07 Å². The first-order chi connectivity index (χ1) is 32.8. The number of esters is 1. The van der Waals surface area contributed by atoms with Gasteiger partial charge in [0.2, 0.25) is 0 Å². The zero-order valence-corrected chi connectivity index (χ0v) is 44.3. The molecule has 3 fully saturated rings. The van der Waals surface area contributed by atoms with Crippen molar-refractivity contribution >= 4 is 12.0 Å². The molecule has 0 saturated carbocycles. The van der Waals surface area contributed by atoms with Crippen LogP contribution in [-0.4, -0.2) is 196 Å². The topological polar surface area (TPSA) is 236 Å². The summed E-state index contributed by atoms with van der Waals surface area (Å²) < 4.78 is 38.1. The Labute approximate surface area is 417 Å². The summed E-state index contributed by atoms with van der Waals surface area (Å²) in [5.41, 5.74) is -3.62. The lowest BCUT2D eigenvalue weighted by molar-refractivity contribution is -0.318. The molecule has 4 rings (SSSR count). The number of benzene rings is 1. The number of hydrogen-bond donors (Lipinski definition) is 6. The van der Waals surface area contributed by atoms with Gasteiger partial charge in [0.15, 0.2) is 12.6 Å². The van der Waals surface area contributed by atoms with Gasteiger partial charge in [-0.05, 0) is 106 Å². The lowest BCUT2D eigenvalue weighted by Gasteiger charge is -2.48. The number of hydrogen-bond acceptors (Lipinski definition) is 16. The van der Waals surface area contributed by atoms with Gasteiger partial charge in [-0.25, -0.2) is 4.79 Å². The van der Waals surface area contributed by atoms with Gasteiger partial charge in [-0.2, -0.15) is 5.26 Å². The van der Waals surface area contributed by atoms with E-state index in [-0.39, 0.29) is 56.3 Å². The number of nitrogens with zero attached hydrogens (tertiary/aromatic N) is 4. The number of nitriles is 1. The lowest BCUT2D eigenvalue weighted by atomic mass is 9.77. The summed E-state index contributed by atoms with van der Waals surface area (Å²) in [4.78, 5) is 33.6. The Hall–Kier alpha value is -3.03. The number of carbonyl (C=O) groups excluding carboxylic acids is 2. The van der Waals surface area contributed by atoms with Crippen molar-refractivity contribution in [1.29, 1.82) is 5.26 Å². The molecule has 0 spiro atoms. The van der Waals surface area contributed by atoms with Crippen molar-refractivity contribution in [3.63, 3.8) is 0 Å². The monoisotopic (exact) mass is 992 g/mol. The third-order valence-corrected chi connectivity index (χ3v) is 15.2. The van der Waals surface area contributed by atoms with E-state index in [4.69, 9.17) is 28.4 Å². The zero-order valence-electron chi connectivity index (χ0n) is 44.3. The van der Waals surface area contributed by atoms with E-state index in [9.17, 15) is 40.4 Å². The maximum atomic E-state index is 14.6. The number of ether oxygens (including phenoxy) is 6. The predicted molar refractivity (Wildman–Crippen MR) is 263 cm³/mol. The van der Waals surface area contributed by atoms with Crippen molar-refractivity contribution in [2.45, 2.75) is 204 Å². The molecule has 0 aromatic heterocycles. The first-order valence-corrected chi connectivity index (χ1v) is 25.5. The molecule has 18 heteroatoms. The molecule has 0 radical (unpaired) electrons. The number of aliphatic hydroxyl groups excluding tert-OH is 3. The fourth-order valence-corrected chi connectivity index (χ4v) is 10.9. The van der Waals surface area contributed by atoms with E-state index in [2.05, 4.69) is 11.4 Å². The summed E-state index contributed by atoms with van der Waals surface area (Å²) in [6.45, 7) is 19.0. The summed E-state index contributed by atoms with van der Waals surface area (Å²) in [6.07, 6.45) is -8.04. The second kappa shape index (κ2) is 26.3. The first-order valence-electron chi connectivity index (χ1n) is 25.5. The minimum Gasteiger partial charge on any atom is -0.459 e. The Morgan fingerprint density at radius 1 is 0.971 bits per heavy atom. The van der Waals surface area contributed by atoms with Crippen molar-refractivity contribution in [1.82, 2.24) is 20.0 Å². The largest absolute Gasteiger partial charge is 0.459 e. The second-order valence-corrected chi connectivity index (χ2v) is 21.4. The number of rotatable bonds is 16. The molecule has 70 heavy (non-hydrogen) atoms. The number of carbonyl (C=O) groups is 2. The quantitative estimate of drug-likeness (QED) is 0.129. The van der Waals surface area contributed by atoms with Crippen LogP contribution >= 0.6 is 0 Å². The maximum absolute atomic E-state index is 14.6. The number of urea groups is 1.